The zero-order valence-electron chi connectivity index (χ0n) is 5.83. The Bertz CT molecular complexity index is 137. The van der Waals surface area contributed by atoms with Crippen LogP contribution < -0.4 is 5.32 Å². The van der Waals surface area contributed by atoms with Crippen LogP contribution in [-0.4, -0.2) is 30.5 Å². The van der Waals surface area contributed by atoms with Gasteiger partial charge in [0.1, 0.15) is 12.3 Å². The number of rotatable bonds is 2. The van der Waals surface area contributed by atoms with Gasteiger partial charge in [-0.15, -0.1) is 0 Å². The zero-order valence-corrected chi connectivity index (χ0v) is 5.83. The Balaban J connectivity index is 2.35. The van der Waals surface area contributed by atoms with Crippen LogP contribution in [0, 0.1) is 0 Å². The number of carboxylic acids is 1. The van der Waals surface area contributed by atoms with Crippen molar-refractivity contribution in [2.45, 2.75) is 25.1 Å². The smallest absolute Gasteiger partial charge is 0.320 e. The largest absolute Gasteiger partial charge is 0.480 e. The summed E-state index contributed by atoms with van der Waals surface area (Å²) in [7, 11) is 1.57. The Hall–Kier alpha value is -0.610. The van der Waals surface area contributed by atoms with E-state index in [-0.39, 0.29) is 6.23 Å². The van der Waals surface area contributed by atoms with Gasteiger partial charge in [0, 0.05) is 7.11 Å². The molecule has 10 heavy (non-hydrogen) atoms. The number of methoxy groups -OCH3 is 1. The summed E-state index contributed by atoms with van der Waals surface area (Å²) in [6.45, 7) is 0. The van der Waals surface area contributed by atoms with Crippen LogP contribution in [0.5, 0.6) is 0 Å². The van der Waals surface area contributed by atoms with Gasteiger partial charge < -0.3 is 9.84 Å². The number of hydrogen-bond acceptors (Lipinski definition) is 3. The van der Waals surface area contributed by atoms with Crippen molar-refractivity contribution in [2.75, 3.05) is 7.11 Å². The van der Waals surface area contributed by atoms with Crippen LogP contribution in [0.3, 0.4) is 0 Å². The van der Waals surface area contributed by atoms with Crippen LogP contribution >= 0.6 is 0 Å². The number of aliphatic carboxylic acids is 1. The first-order chi connectivity index (χ1) is 4.74. The Morgan fingerprint density at radius 3 is 2.70 bits per heavy atom. The van der Waals surface area contributed by atoms with Gasteiger partial charge in [-0.1, -0.05) is 0 Å². The van der Waals surface area contributed by atoms with Gasteiger partial charge >= 0.3 is 5.97 Å². The van der Waals surface area contributed by atoms with Crippen molar-refractivity contribution in [1.29, 1.82) is 0 Å². The number of hydrogen-bond donors (Lipinski definition) is 2. The monoisotopic (exact) mass is 145 g/mol. The standard InChI is InChI=1S/C6H11NO3/c1-10-5-3-2-4(7-5)6(8)9/h4-5,7H,2-3H2,1H3,(H,8,9). The first-order valence-electron chi connectivity index (χ1n) is 3.25. The summed E-state index contributed by atoms with van der Waals surface area (Å²) in [4.78, 5) is 10.3. The zero-order chi connectivity index (χ0) is 7.56. The fourth-order valence-corrected chi connectivity index (χ4v) is 1.09. The van der Waals surface area contributed by atoms with Crippen molar-refractivity contribution < 1.29 is 14.6 Å². The summed E-state index contributed by atoms with van der Waals surface area (Å²) in [5.74, 6) is -0.792. The molecular weight excluding hydrogens is 134 g/mol. The minimum Gasteiger partial charge on any atom is -0.480 e. The van der Waals surface area contributed by atoms with E-state index in [1.54, 1.807) is 7.11 Å². The first-order valence-corrected chi connectivity index (χ1v) is 3.25. The minimum absolute atomic E-state index is 0.0684. The third-order valence-corrected chi connectivity index (χ3v) is 1.69. The molecule has 4 heteroatoms. The average Bonchev–Trinajstić information content (AvgIpc) is 2.34. The molecule has 0 aromatic heterocycles. The summed E-state index contributed by atoms with van der Waals surface area (Å²) >= 11 is 0. The molecule has 1 aliphatic heterocycles. The third kappa shape index (κ3) is 1.46. The second-order valence-electron chi connectivity index (χ2n) is 2.36. The number of carboxylic acid groups (broad SMARTS) is 1. The molecule has 1 heterocycles. The number of nitrogens with one attached hydrogen (secondary N) is 1. The van der Waals surface area contributed by atoms with E-state index in [9.17, 15) is 4.79 Å². The molecule has 4 nitrogen and oxygen atoms in total. The maximum Gasteiger partial charge on any atom is 0.320 e. The van der Waals surface area contributed by atoms with Crippen molar-refractivity contribution in [2.24, 2.45) is 0 Å². The van der Waals surface area contributed by atoms with Crippen molar-refractivity contribution >= 4 is 5.97 Å². The minimum atomic E-state index is -0.792. The molecule has 0 amide bonds. The average molecular weight is 145 g/mol. The quantitative estimate of drug-likeness (QED) is 0.564. The summed E-state index contributed by atoms with van der Waals surface area (Å²) in [5, 5.41) is 11.3. The molecule has 1 saturated heterocycles. The molecule has 2 N–H and O–H groups in total. The predicted octanol–water partition coefficient (Wildman–Crippen LogP) is -0.205. The SMILES string of the molecule is COC1CCC(C(=O)O)N1. The summed E-state index contributed by atoms with van der Waals surface area (Å²) in [6.07, 6.45) is 1.38. The Morgan fingerprint density at radius 2 is 2.40 bits per heavy atom. The van der Waals surface area contributed by atoms with E-state index in [1.165, 1.54) is 0 Å². The van der Waals surface area contributed by atoms with Gasteiger partial charge in [0.05, 0.1) is 0 Å². The van der Waals surface area contributed by atoms with Crippen molar-refractivity contribution in [1.82, 2.24) is 5.32 Å². The molecule has 0 aliphatic carbocycles. The Labute approximate surface area is 59.2 Å². The van der Waals surface area contributed by atoms with Crippen LogP contribution in [-0.2, 0) is 9.53 Å². The van der Waals surface area contributed by atoms with E-state index in [0.29, 0.717) is 6.42 Å². The lowest BCUT2D eigenvalue weighted by Gasteiger charge is -2.08. The molecule has 0 aromatic carbocycles. The van der Waals surface area contributed by atoms with Crippen LogP contribution in [0.4, 0.5) is 0 Å². The van der Waals surface area contributed by atoms with E-state index >= 15 is 0 Å². The van der Waals surface area contributed by atoms with E-state index in [4.69, 9.17) is 9.84 Å². The van der Waals surface area contributed by atoms with Gasteiger partial charge in [-0.3, -0.25) is 10.1 Å². The normalized spacial score (nSPS) is 32.5. The lowest BCUT2D eigenvalue weighted by atomic mass is 10.2. The van der Waals surface area contributed by atoms with E-state index in [0.717, 1.165) is 6.42 Å². The second kappa shape index (κ2) is 2.98. The maximum absolute atomic E-state index is 10.3. The molecule has 2 atom stereocenters. The van der Waals surface area contributed by atoms with Gasteiger partial charge in [-0.2, -0.15) is 0 Å². The molecule has 0 radical (unpaired) electrons. The van der Waals surface area contributed by atoms with E-state index in [1.807, 2.05) is 0 Å². The van der Waals surface area contributed by atoms with Gasteiger partial charge in [-0.25, -0.2) is 0 Å². The van der Waals surface area contributed by atoms with Crippen molar-refractivity contribution in [3.8, 4) is 0 Å². The maximum atomic E-state index is 10.3. The van der Waals surface area contributed by atoms with Crippen molar-refractivity contribution in [3.05, 3.63) is 0 Å². The first kappa shape index (κ1) is 7.50. The highest BCUT2D eigenvalue weighted by atomic mass is 16.5. The highest BCUT2D eigenvalue weighted by Gasteiger charge is 2.28. The topological polar surface area (TPSA) is 58.6 Å². The third-order valence-electron chi connectivity index (χ3n) is 1.69. The molecule has 58 valence electrons. The molecule has 1 rings (SSSR count). The second-order valence-corrected chi connectivity index (χ2v) is 2.36. The lowest BCUT2D eigenvalue weighted by molar-refractivity contribution is -0.139. The highest BCUT2D eigenvalue weighted by molar-refractivity contribution is 5.73. The highest BCUT2D eigenvalue weighted by Crippen LogP contribution is 2.12. The summed E-state index contributed by atoms with van der Waals surface area (Å²) < 4.78 is 4.92. The van der Waals surface area contributed by atoms with Crippen LogP contribution in [0.15, 0.2) is 0 Å². The molecule has 0 spiro atoms. The molecule has 1 fully saturated rings. The summed E-state index contributed by atoms with van der Waals surface area (Å²) in [5.41, 5.74) is 0. The molecule has 2 unspecified atom stereocenters. The van der Waals surface area contributed by atoms with Gasteiger partial charge in [0.2, 0.25) is 0 Å². The predicted molar refractivity (Wildman–Crippen MR) is 34.6 cm³/mol. The number of carbonyl (C=O) groups is 1. The number of ether oxygens (including phenoxy) is 1. The molecule has 0 bridgehead atoms. The van der Waals surface area contributed by atoms with Gasteiger partial charge in [0.15, 0.2) is 0 Å². The lowest BCUT2D eigenvalue weighted by Crippen LogP contribution is -2.35. The van der Waals surface area contributed by atoms with Crippen molar-refractivity contribution in [3.63, 3.8) is 0 Å². The Kier molecular flexibility index (Phi) is 2.24. The van der Waals surface area contributed by atoms with E-state index in [2.05, 4.69) is 5.32 Å². The molecule has 0 saturated carbocycles. The van der Waals surface area contributed by atoms with Crippen LogP contribution in [0.25, 0.3) is 0 Å². The van der Waals surface area contributed by atoms with Crippen LogP contribution in [0.1, 0.15) is 12.8 Å². The van der Waals surface area contributed by atoms with Gasteiger partial charge in [-0.05, 0) is 12.8 Å². The fraction of sp³-hybridized carbons (Fsp3) is 0.833. The molecular formula is C6H11NO3. The molecule has 0 aromatic rings. The van der Waals surface area contributed by atoms with E-state index < -0.39 is 12.0 Å². The molecule has 1 aliphatic rings. The Morgan fingerprint density at radius 1 is 1.70 bits per heavy atom. The van der Waals surface area contributed by atoms with Crippen LogP contribution in [0.2, 0.25) is 0 Å². The summed E-state index contributed by atoms with van der Waals surface area (Å²) in [6, 6.07) is -0.412. The fourth-order valence-electron chi connectivity index (χ4n) is 1.09. The van der Waals surface area contributed by atoms with Gasteiger partial charge in [0.25, 0.3) is 0 Å².